The molecule has 112 valence electrons. The highest BCUT2D eigenvalue weighted by atomic mass is 32.1. The lowest BCUT2D eigenvalue weighted by atomic mass is 10.1. The molecule has 0 aliphatic carbocycles. The van der Waals surface area contributed by atoms with Crippen molar-refractivity contribution in [2.24, 2.45) is 0 Å². The first-order valence-corrected chi connectivity index (χ1v) is 7.63. The minimum Gasteiger partial charge on any atom is -0.310 e. The molecule has 0 unspecified atom stereocenters. The van der Waals surface area contributed by atoms with Crippen LogP contribution < -0.4 is 5.56 Å². The largest absolute Gasteiger partial charge is 0.310 e. The van der Waals surface area contributed by atoms with Gasteiger partial charge in [-0.15, -0.1) is 11.3 Å². The van der Waals surface area contributed by atoms with Gasteiger partial charge in [-0.1, -0.05) is 19.1 Å². The number of fused-ring (bicyclic) bond motifs is 1. The molecule has 2 aromatic heterocycles. The Morgan fingerprint density at radius 2 is 2.05 bits per heavy atom. The number of hydrogen-bond donors (Lipinski definition) is 1. The van der Waals surface area contributed by atoms with E-state index in [0.29, 0.717) is 17.6 Å². The topological polar surface area (TPSA) is 88.9 Å². The molecule has 0 aliphatic rings. The van der Waals surface area contributed by atoms with Gasteiger partial charge in [0.1, 0.15) is 10.7 Å². The summed E-state index contributed by atoms with van der Waals surface area (Å²) in [5, 5.41) is 11.3. The number of rotatable bonds is 4. The third kappa shape index (κ3) is 2.75. The fraction of sp³-hybridized carbons (Fsp3) is 0.200. The highest BCUT2D eigenvalue weighted by Gasteiger charge is 2.09. The second-order valence-electron chi connectivity index (χ2n) is 4.90. The van der Waals surface area contributed by atoms with Crippen LogP contribution in [0.2, 0.25) is 0 Å². The number of nitrogens with one attached hydrogen (secondary N) is 1. The summed E-state index contributed by atoms with van der Waals surface area (Å²) in [7, 11) is 0. The average Bonchev–Trinajstić information content (AvgIpc) is 2.91. The van der Waals surface area contributed by atoms with Crippen molar-refractivity contribution >= 4 is 27.2 Å². The Bertz CT molecular complexity index is 897. The predicted octanol–water partition coefficient (Wildman–Crippen LogP) is 3.05. The minimum atomic E-state index is -0.437. The molecule has 1 N–H and O–H groups in total. The molecule has 6 nitrogen and oxygen atoms in total. The van der Waals surface area contributed by atoms with Crippen LogP contribution in [0.3, 0.4) is 0 Å². The van der Waals surface area contributed by atoms with Crippen molar-refractivity contribution in [3.05, 3.63) is 67.1 Å². The van der Waals surface area contributed by atoms with Crippen LogP contribution in [0.4, 0.5) is 5.69 Å². The van der Waals surface area contributed by atoms with Crippen molar-refractivity contribution in [3.8, 4) is 0 Å². The zero-order chi connectivity index (χ0) is 15.7. The number of non-ortho nitro benzene ring substituents is 1. The molecule has 1 aromatic carbocycles. The van der Waals surface area contributed by atoms with Gasteiger partial charge in [-0.05, 0) is 18.1 Å². The summed E-state index contributed by atoms with van der Waals surface area (Å²) in [5.41, 5.74) is 0.768. The van der Waals surface area contributed by atoms with E-state index in [1.807, 2.05) is 13.0 Å². The fourth-order valence-electron chi connectivity index (χ4n) is 2.21. The van der Waals surface area contributed by atoms with E-state index >= 15 is 0 Å². The van der Waals surface area contributed by atoms with Gasteiger partial charge in [-0.3, -0.25) is 14.9 Å². The number of aromatic nitrogens is 2. The molecule has 3 rings (SSSR count). The highest BCUT2D eigenvalue weighted by molar-refractivity contribution is 7.18. The van der Waals surface area contributed by atoms with E-state index in [4.69, 9.17) is 0 Å². The van der Waals surface area contributed by atoms with Crippen molar-refractivity contribution in [2.75, 3.05) is 0 Å². The number of aromatic amines is 1. The minimum absolute atomic E-state index is 0.0477. The standard InChI is InChI=1S/C15H13N3O3S/c1-2-11-8-12-14(19)16-13(17-15(12)22-11)7-9-3-5-10(6-4-9)18(20)21/h3-6,8H,2,7H2,1H3,(H,16,17,19). The Kier molecular flexibility index (Phi) is 3.72. The quantitative estimate of drug-likeness (QED) is 0.592. The summed E-state index contributed by atoms with van der Waals surface area (Å²) in [6.07, 6.45) is 1.31. The normalized spacial score (nSPS) is 11.0. The van der Waals surface area contributed by atoms with Gasteiger partial charge in [-0.25, -0.2) is 4.98 Å². The maximum atomic E-state index is 12.1. The second-order valence-corrected chi connectivity index (χ2v) is 6.01. The monoisotopic (exact) mass is 315 g/mol. The molecule has 0 bridgehead atoms. The molecular formula is C15H13N3O3S. The fourth-order valence-corrected chi connectivity index (χ4v) is 3.20. The van der Waals surface area contributed by atoms with E-state index < -0.39 is 4.92 Å². The summed E-state index contributed by atoms with van der Waals surface area (Å²) in [5.74, 6) is 0.566. The SMILES string of the molecule is CCc1cc2c(=O)[nH]c(Cc3ccc([N+](=O)[O-])cc3)nc2s1. The number of nitro benzene ring substituents is 1. The van der Waals surface area contributed by atoms with Gasteiger partial charge in [0.15, 0.2) is 0 Å². The van der Waals surface area contributed by atoms with E-state index in [0.717, 1.165) is 21.7 Å². The number of aryl methyl sites for hydroxylation is 1. The number of nitrogens with zero attached hydrogens (tertiary/aromatic N) is 2. The number of benzene rings is 1. The lowest BCUT2D eigenvalue weighted by Crippen LogP contribution is -2.10. The molecule has 0 saturated heterocycles. The van der Waals surface area contributed by atoms with Gasteiger partial charge in [0.25, 0.3) is 11.2 Å². The van der Waals surface area contributed by atoms with Gasteiger partial charge in [0, 0.05) is 23.4 Å². The van der Waals surface area contributed by atoms with Crippen LogP contribution in [-0.2, 0) is 12.8 Å². The third-order valence-electron chi connectivity index (χ3n) is 3.37. The second kappa shape index (κ2) is 5.69. The van der Waals surface area contributed by atoms with Crippen LogP contribution in [0.1, 0.15) is 23.2 Å². The number of thiophene rings is 1. The summed E-state index contributed by atoms with van der Waals surface area (Å²) < 4.78 is 0. The van der Waals surface area contributed by atoms with Crippen molar-refractivity contribution in [1.82, 2.24) is 9.97 Å². The predicted molar refractivity (Wildman–Crippen MR) is 85.5 cm³/mol. The number of hydrogen-bond acceptors (Lipinski definition) is 5. The van der Waals surface area contributed by atoms with Crippen LogP contribution >= 0.6 is 11.3 Å². The van der Waals surface area contributed by atoms with Crippen molar-refractivity contribution in [1.29, 1.82) is 0 Å². The van der Waals surface area contributed by atoms with Gasteiger partial charge in [-0.2, -0.15) is 0 Å². The first-order chi connectivity index (χ1) is 10.6. The zero-order valence-electron chi connectivity index (χ0n) is 11.8. The Balaban J connectivity index is 1.93. The van der Waals surface area contributed by atoms with Gasteiger partial charge < -0.3 is 4.98 Å². The Morgan fingerprint density at radius 3 is 2.68 bits per heavy atom. The molecule has 0 amide bonds. The van der Waals surface area contributed by atoms with Crippen molar-refractivity contribution in [3.63, 3.8) is 0 Å². The van der Waals surface area contributed by atoms with E-state index in [-0.39, 0.29) is 11.2 Å². The van der Waals surface area contributed by atoms with Gasteiger partial charge in [0.2, 0.25) is 0 Å². The molecule has 0 fully saturated rings. The van der Waals surface area contributed by atoms with Crippen LogP contribution in [0.5, 0.6) is 0 Å². The van der Waals surface area contributed by atoms with Crippen LogP contribution in [0.25, 0.3) is 10.2 Å². The Hall–Kier alpha value is -2.54. The maximum absolute atomic E-state index is 12.1. The van der Waals surface area contributed by atoms with Crippen LogP contribution in [0.15, 0.2) is 35.1 Å². The molecule has 7 heteroatoms. The maximum Gasteiger partial charge on any atom is 0.269 e. The third-order valence-corrected chi connectivity index (χ3v) is 4.54. The van der Waals surface area contributed by atoms with Gasteiger partial charge in [0.05, 0.1) is 10.3 Å². The lowest BCUT2D eigenvalue weighted by Gasteiger charge is -2.01. The van der Waals surface area contributed by atoms with Crippen molar-refractivity contribution in [2.45, 2.75) is 19.8 Å². The lowest BCUT2D eigenvalue weighted by molar-refractivity contribution is -0.384. The molecule has 22 heavy (non-hydrogen) atoms. The smallest absolute Gasteiger partial charge is 0.269 e. The average molecular weight is 315 g/mol. The van der Waals surface area contributed by atoms with E-state index in [1.165, 1.54) is 23.5 Å². The summed E-state index contributed by atoms with van der Waals surface area (Å²) >= 11 is 1.52. The summed E-state index contributed by atoms with van der Waals surface area (Å²) in [6.45, 7) is 2.04. The Morgan fingerprint density at radius 1 is 1.32 bits per heavy atom. The Labute approximate surface area is 129 Å². The molecule has 0 radical (unpaired) electrons. The first kappa shape index (κ1) is 14.4. The van der Waals surface area contributed by atoms with E-state index in [2.05, 4.69) is 9.97 Å². The molecule has 0 saturated carbocycles. The highest BCUT2D eigenvalue weighted by Crippen LogP contribution is 2.22. The van der Waals surface area contributed by atoms with E-state index in [1.54, 1.807) is 12.1 Å². The van der Waals surface area contributed by atoms with E-state index in [9.17, 15) is 14.9 Å². The zero-order valence-corrected chi connectivity index (χ0v) is 12.6. The molecular weight excluding hydrogens is 302 g/mol. The number of H-pyrrole nitrogens is 1. The molecule has 2 heterocycles. The van der Waals surface area contributed by atoms with Gasteiger partial charge >= 0.3 is 0 Å². The molecule has 0 spiro atoms. The first-order valence-electron chi connectivity index (χ1n) is 6.81. The molecule has 0 atom stereocenters. The van der Waals surface area contributed by atoms with Crippen LogP contribution in [-0.4, -0.2) is 14.9 Å². The number of nitro groups is 1. The molecule has 3 aromatic rings. The van der Waals surface area contributed by atoms with Crippen molar-refractivity contribution < 1.29 is 4.92 Å². The van der Waals surface area contributed by atoms with Crippen LogP contribution in [0, 0.1) is 10.1 Å². The summed E-state index contributed by atoms with van der Waals surface area (Å²) in [6, 6.07) is 8.13. The molecule has 0 aliphatic heterocycles. The summed E-state index contributed by atoms with van der Waals surface area (Å²) in [4.78, 5) is 31.4.